The van der Waals surface area contributed by atoms with E-state index >= 15 is 0 Å². The lowest BCUT2D eigenvalue weighted by Crippen LogP contribution is -2.22. The van der Waals surface area contributed by atoms with Gasteiger partial charge in [-0.15, -0.1) is 11.8 Å². The number of alkyl halides is 1. The van der Waals surface area contributed by atoms with Gasteiger partial charge in [-0.05, 0) is 44.3 Å². The van der Waals surface area contributed by atoms with Gasteiger partial charge in [-0.1, -0.05) is 20.8 Å². The van der Waals surface area contributed by atoms with Crippen LogP contribution in [0, 0.1) is 5.92 Å². The van der Waals surface area contributed by atoms with Gasteiger partial charge in [-0.3, -0.25) is 4.79 Å². The van der Waals surface area contributed by atoms with E-state index in [1.807, 2.05) is 13.8 Å². The third kappa shape index (κ3) is 8.78. The molecular formula is C14H27FO2S. The Morgan fingerprint density at radius 2 is 2.00 bits per heavy atom. The van der Waals surface area contributed by atoms with Crippen molar-refractivity contribution in [2.75, 3.05) is 12.4 Å². The van der Waals surface area contributed by atoms with Crippen molar-refractivity contribution in [3.63, 3.8) is 0 Å². The van der Waals surface area contributed by atoms with Gasteiger partial charge in [-0.25, -0.2) is 4.39 Å². The Bertz CT molecular complexity index is 222. The first kappa shape index (κ1) is 17.8. The molecule has 0 rings (SSSR count). The second kappa shape index (κ2) is 10.7. The highest BCUT2D eigenvalue weighted by Crippen LogP contribution is 2.22. The zero-order valence-electron chi connectivity index (χ0n) is 12.1. The van der Waals surface area contributed by atoms with Crippen molar-refractivity contribution in [3.05, 3.63) is 0 Å². The number of hydrogen-bond donors (Lipinski definition) is 0. The average molecular weight is 278 g/mol. The number of carbonyl (C=O) groups excluding carboxylic acids is 1. The largest absolute Gasteiger partial charge is 0.465 e. The lowest BCUT2D eigenvalue weighted by Gasteiger charge is -2.17. The van der Waals surface area contributed by atoms with Crippen molar-refractivity contribution >= 4 is 17.7 Å². The Morgan fingerprint density at radius 1 is 1.33 bits per heavy atom. The molecule has 0 spiro atoms. The van der Waals surface area contributed by atoms with Crippen LogP contribution in [-0.2, 0) is 9.53 Å². The number of carbonyl (C=O) groups is 1. The first-order valence-corrected chi connectivity index (χ1v) is 7.98. The number of thioether (sulfide) groups is 1. The van der Waals surface area contributed by atoms with Crippen molar-refractivity contribution in [2.45, 2.75) is 64.8 Å². The topological polar surface area (TPSA) is 26.3 Å². The van der Waals surface area contributed by atoms with Crippen molar-refractivity contribution in [1.29, 1.82) is 0 Å². The zero-order valence-corrected chi connectivity index (χ0v) is 12.9. The SMILES string of the molecule is CCOC(=O)C(CC(C)C)SCCCC(F)CC. The lowest BCUT2D eigenvalue weighted by atomic mass is 10.1. The maximum absolute atomic E-state index is 13.0. The van der Waals surface area contributed by atoms with Gasteiger partial charge in [0.05, 0.1) is 12.8 Å². The van der Waals surface area contributed by atoms with Crippen molar-refractivity contribution in [2.24, 2.45) is 5.92 Å². The third-order valence-corrected chi connectivity index (χ3v) is 3.97. The van der Waals surface area contributed by atoms with Crippen molar-refractivity contribution < 1.29 is 13.9 Å². The number of halogens is 1. The number of esters is 1. The minimum Gasteiger partial charge on any atom is -0.465 e. The van der Waals surface area contributed by atoms with E-state index in [0.717, 1.165) is 18.6 Å². The molecule has 2 nitrogen and oxygen atoms in total. The molecule has 0 N–H and O–H groups in total. The standard InChI is InChI=1S/C14H27FO2S/c1-5-12(15)8-7-9-18-13(10-11(3)4)14(16)17-6-2/h11-13H,5-10H2,1-4H3. The third-order valence-electron chi connectivity index (χ3n) is 2.66. The van der Waals surface area contributed by atoms with E-state index < -0.39 is 6.17 Å². The molecule has 18 heavy (non-hydrogen) atoms. The highest BCUT2D eigenvalue weighted by atomic mass is 32.2. The quantitative estimate of drug-likeness (QED) is 0.442. The van der Waals surface area contributed by atoms with Crippen LogP contribution in [0.5, 0.6) is 0 Å². The summed E-state index contributed by atoms with van der Waals surface area (Å²) in [5, 5.41) is -0.0929. The molecule has 2 atom stereocenters. The normalized spacial score (nSPS) is 14.6. The summed E-state index contributed by atoms with van der Waals surface area (Å²) >= 11 is 1.61. The monoisotopic (exact) mass is 278 g/mol. The summed E-state index contributed by atoms with van der Waals surface area (Å²) in [4.78, 5) is 11.7. The van der Waals surface area contributed by atoms with Crippen LogP contribution in [0.1, 0.15) is 53.4 Å². The molecule has 108 valence electrons. The van der Waals surface area contributed by atoms with E-state index in [-0.39, 0.29) is 11.2 Å². The van der Waals surface area contributed by atoms with Crippen LogP contribution in [0.4, 0.5) is 4.39 Å². The summed E-state index contributed by atoms with van der Waals surface area (Å²) in [5.41, 5.74) is 0. The van der Waals surface area contributed by atoms with Crippen LogP contribution < -0.4 is 0 Å². The second-order valence-corrected chi connectivity index (χ2v) is 6.20. The van der Waals surface area contributed by atoms with Gasteiger partial charge < -0.3 is 4.74 Å². The van der Waals surface area contributed by atoms with E-state index in [2.05, 4.69) is 13.8 Å². The molecule has 4 heteroatoms. The average Bonchev–Trinajstić information content (AvgIpc) is 2.32. The van der Waals surface area contributed by atoms with Crippen LogP contribution in [0.15, 0.2) is 0 Å². The summed E-state index contributed by atoms with van der Waals surface area (Å²) < 4.78 is 18.1. The van der Waals surface area contributed by atoms with E-state index in [4.69, 9.17) is 4.74 Å². The summed E-state index contributed by atoms with van der Waals surface area (Å²) in [6.07, 6.45) is 2.14. The molecule has 0 aliphatic carbocycles. The Kier molecular flexibility index (Phi) is 10.5. The Balaban J connectivity index is 3.97. The van der Waals surface area contributed by atoms with Gasteiger partial charge >= 0.3 is 5.97 Å². The van der Waals surface area contributed by atoms with Gasteiger partial charge in [0.1, 0.15) is 5.25 Å². The zero-order chi connectivity index (χ0) is 14.0. The van der Waals surface area contributed by atoms with Crippen molar-refractivity contribution in [3.8, 4) is 0 Å². The molecule has 0 bridgehead atoms. The molecule has 0 aromatic carbocycles. The number of hydrogen-bond acceptors (Lipinski definition) is 3. The van der Waals surface area contributed by atoms with Crippen LogP contribution in [0.2, 0.25) is 0 Å². The molecule has 0 heterocycles. The Morgan fingerprint density at radius 3 is 2.50 bits per heavy atom. The molecule has 0 aliphatic heterocycles. The number of rotatable bonds is 10. The molecule has 0 aliphatic rings. The van der Waals surface area contributed by atoms with Crippen LogP contribution in [-0.4, -0.2) is 29.8 Å². The fourth-order valence-electron chi connectivity index (χ4n) is 1.63. The molecule has 0 radical (unpaired) electrons. The molecule has 0 saturated heterocycles. The minimum atomic E-state index is -0.697. The molecular weight excluding hydrogens is 251 g/mol. The minimum absolute atomic E-state index is 0.0929. The summed E-state index contributed by atoms with van der Waals surface area (Å²) in [6.45, 7) is 8.31. The molecule has 0 fully saturated rings. The lowest BCUT2D eigenvalue weighted by molar-refractivity contribution is -0.142. The van der Waals surface area contributed by atoms with Crippen LogP contribution >= 0.6 is 11.8 Å². The highest BCUT2D eigenvalue weighted by molar-refractivity contribution is 8.00. The van der Waals surface area contributed by atoms with Gasteiger partial charge in [0, 0.05) is 0 Å². The molecule has 0 aromatic heterocycles. The number of ether oxygens (including phenoxy) is 1. The second-order valence-electron chi connectivity index (χ2n) is 4.89. The first-order chi connectivity index (χ1) is 8.51. The molecule has 0 aromatic rings. The van der Waals surface area contributed by atoms with Gasteiger partial charge in [0.2, 0.25) is 0 Å². The van der Waals surface area contributed by atoms with Crippen LogP contribution in [0.25, 0.3) is 0 Å². The molecule has 0 saturated carbocycles. The summed E-state index contributed by atoms with van der Waals surface area (Å²) in [6, 6.07) is 0. The van der Waals surface area contributed by atoms with Gasteiger partial charge in [-0.2, -0.15) is 0 Å². The first-order valence-electron chi connectivity index (χ1n) is 6.93. The predicted octanol–water partition coefficient (Wildman–Crippen LogP) is 4.23. The molecule has 0 amide bonds. The molecule has 2 unspecified atom stereocenters. The Hall–Kier alpha value is -0.250. The van der Waals surface area contributed by atoms with E-state index in [1.54, 1.807) is 11.8 Å². The van der Waals surface area contributed by atoms with Crippen molar-refractivity contribution in [1.82, 2.24) is 0 Å². The maximum Gasteiger partial charge on any atom is 0.319 e. The smallest absolute Gasteiger partial charge is 0.319 e. The summed E-state index contributed by atoms with van der Waals surface area (Å²) in [5.74, 6) is 1.18. The Labute approximate surface area is 115 Å². The fraction of sp³-hybridized carbons (Fsp3) is 0.929. The van der Waals surface area contributed by atoms with E-state index in [9.17, 15) is 9.18 Å². The van der Waals surface area contributed by atoms with E-state index in [1.165, 1.54) is 0 Å². The van der Waals surface area contributed by atoms with Crippen LogP contribution in [0.3, 0.4) is 0 Å². The predicted molar refractivity (Wildman–Crippen MR) is 76.8 cm³/mol. The van der Waals surface area contributed by atoms with Gasteiger partial charge in [0.15, 0.2) is 0 Å². The highest BCUT2D eigenvalue weighted by Gasteiger charge is 2.21. The maximum atomic E-state index is 13.0. The van der Waals surface area contributed by atoms with E-state index in [0.29, 0.717) is 25.4 Å². The summed E-state index contributed by atoms with van der Waals surface area (Å²) in [7, 11) is 0. The fourth-order valence-corrected chi connectivity index (χ4v) is 2.97. The van der Waals surface area contributed by atoms with Gasteiger partial charge in [0.25, 0.3) is 0 Å².